The van der Waals surface area contributed by atoms with Gasteiger partial charge in [-0.1, -0.05) is 25.7 Å². The fourth-order valence-corrected chi connectivity index (χ4v) is 5.40. The Bertz CT molecular complexity index is 723. The molecule has 0 spiro atoms. The summed E-state index contributed by atoms with van der Waals surface area (Å²) in [6.45, 7) is 3.76. The number of carbonyl (C=O) groups is 5. The van der Waals surface area contributed by atoms with Gasteiger partial charge in [0.1, 0.15) is 6.04 Å². The third-order valence-electron chi connectivity index (χ3n) is 7.13. The van der Waals surface area contributed by atoms with Crippen LogP contribution in [0.2, 0.25) is 0 Å². The molecule has 0 aromatic rings. The predicted molar refractivity (Wildman–Crippen MR) is 122 cm³/mol. The number of urea groups is 1. The summed E-state index contributed by atoms with van der Waals surface area (Å²) in [6.07, 6.45) is 8.65. The molecule has 0 radical (unpaired) electrons. The minimum absolute atomic E-state index is 0.0562. The van der Waals surface area contributed by atoms with E-state index in [9.17, 15) is 24.0 Å². The summed E-state index contributed by atoms with van der Waals surface area (Å²) in [4.78, 5) is 69.0. The van der Waals surface area contributed by atoms with Crippen LogP contribution in [0.25, 0.3) is 0 Å². The van der Waals surface area contributed by atoms with Gasteiger partial charge in [-0.15, -0.1) is 0 Å². The zero-order valence-electron chi connectivity index (χ0n) is 19.8. The summed E-state index contributed by atoms with van der Waals surface area (Å²) in [5.41, 5.74) is 0. The largest absolute Gasteiger partial charge is 0.342 e. The Morgan fingerprint density at radius 3 is 2.41 bits per heavy atom. The smallest absolute Gasteiger partial charge is 0.321 e. The molecule has 2 atom stereocenters. The molecule has 2 heterocycles. The Labute approximate surface area is 200 Å². The van der Waals surface area contributed by atoms with E-state index in [0.717, 1.165) is 50.4 Å². The van der Waals surface area contributed by atoms with Crippen LogP contribution in [0.4, 0.5) is 4.79 Å². The van der Waals surface area contributed by atoms with Gasteiger partial charge in [-0.2, -0.15) is 5.06 Å². The van der Waals surface area contributed by atoms with E-state index >= 15 is 0 Å². The second kappa shape index (κ2) is 13.3. The minimum atomic E-state index is -0.736. The molecule has 2 N–H and O–H groups in total. The third-order valence-corrected chi connectivity index (χ3v) is 7.13. The van der Waals surface area contributed by atoms with E-state index in [-0.39, 0.29) is 18.9 Å². The van der Waals surface area contributed by atoms with E-state index in [1.807, 2.05) is 0 Å². The first kappa shape index (κ1) is 25.9. The Morgan fingerprint density at radius 1 is 1.00 bits per heavy atom. The van der Waals surface area contributed by atoms with Crippen molar-refractivity contribution in [3.8, 4) is 0 Å². The van der Waals surface area contributed by atoms with Crippen molar-refractivity contribution < 1.29 is 28.8 Å². The number of hydrogen-bond donors (Lipinski definition) is 2. The molecule has 3 aliphatic rings. The second-order valence-corrected chi connectivity index (χ2v) is 9.47. The van der Waals surface area contributed by atoms with Crippen molar-refractivity contribution in [3.63, 3.8) is 0 Å². The molecule has 0 aromatic carbocycles. The van der Waals surface area contributed by atoms with Gasteiger partial charge in [0.2, 0.25) is 12.3 Å². The normalized spacial score (nSPS) is 21.8. The minimum Gasteiger partial charge on any atom is -0.342 e. The molecular weight excluding hydrogens is 442 g/mol. The fourth-order valence-electron chi connectivity index (χ4n) is 5.40. The number of carbonyl (C=O) groups excluding carboxylic acids is 5. The van der Waals surface area contributed by atoms with Crippen LogP contribution in [-0.2, 0) is 24.0 Å². The lowest BCUT2D eigenvalue weighted by Gasteiger charge is -2.30. The standard InChI is InChI=1S/C23H37N5O6/c29-16-27(34-17-30)15-19(14-18-6-1-2-7-18)22(32)28-12-5-8-20(28)21(31)25-23(33)24-9-13-26-10-3-4-11-26/h16-20H,1-15H2,(H2,24,25,31,33)/t19-,20+/m1/s1. The van der Waals surface area contributed by atoms with Crippen molar-refractivity contribution >= 4 is 30.7 Å². The van der Waals surface area contributed by atoms with Gasteiger partial charge in [-0.25, -0.2) is 4.79 Å². The summed E-state index contributed by atoms with van der Waals surface area (Å²) < 4.78 is 0. The van der Waals surface area contributed by atoms with Gasteiger partial charge in [-0.05, 0) is 51.1 Å². The zero-order chi connectivity index (χ0) is 24.3. The lowest BCUT2D eigenvalue weighted by molar-refractivity contribution is -0.181. The maximum Gasteiger partial charge on any atom is 0.321 e. The maximum absolute atomic E-state index is 13.5. The molecule has 190 valence electrons. The van der Waals surface area contributed by atoms with E-state index in [2.05, 4.69) is 20.4 Å². The average molecular weight is 480 g/mol. The second-order valence-electron chi connectivity index (χ2n) is 9.47. The molecule has 1 saturated carbocycles. The first-order valence-electron chi connectivity index (χ1n) is 12.5. The van der Waals surface area contributed by atoms with Gasteiger partial charge < -0.3 is 20.0 Å². The van der Waals surface area contributed by atoms with Crippen LogP contribution >= 0.6 is 0 Å². The number of imide groups is 1. The number of amides is 5. The first-order chi connectivity index (χ1) is 16.5. The van der Waals surface area contributed by atoms with Gasteiger partial charge in [0.15, 0.2) is 0 Å². The zero-order valence-corrected chi connectivity index (χ0v) is 19.8. The number of likely N-dealkylation sites (tertiary alicyclic amines) is 2. The van der Waals surface area contributed by atoms with Crippen LogP contribution < -0.4 is 10.6 Å². The number of rotatable bonds is 12. The lowest BCUT2D eigenvalue weighted by atomic mass is 9.91. The number of nitrogens with one attached hydrogen (secondary N) is 2. The van der Waals surface area contributed by atoms with E-state index in [4.69, 9.17) is 0 Å². The van der Waals surface area contributed by atoms with Crippen LogP contribution in [-0.4, -0.2) is 90.9 Å². The van der Waals surface area contributed by atoms with Crippen molar-refractivity contribution in [2.45, 2.75) is 63.8 Å². The molecule has 5 amide bonds. The van der Waals surface area contributed by atoms with Crippen molar-refractivity contribution in [3.05, 3.63) is 0 Å². The van der Waals surface area contributed by atoms with Crippen molar-refractivity contribution in [2.75, 3.05) is 39.3 Å². The topological polar surface area (TPSA) is 128 Å². The first-order valence-corrected chi connectivity index (χ1v) is 12.5. The molecule has 11 nitrogen and oxygen atoms in total. The lowest BCUT2D eigenvalue weighted by Crippen LogP contribution is -2.52. The van der Waals surface area contributed by atoms with Gasteiger partial charge >= 0.3 is 12.5 Å². The summed E-state index contributed by atoms with van der Waals surface area (Å²) in [5, 5.41) is 5.92. The maximum atomic E-state index is 13.5. The Morgan fingerprint density at radius 2 is 1.74 bits per heavy atom. The Balaban J connectivity index is 1.56. The predicted octanol–water partition coefficient (Wildman–Crippen LogP) is 0.642. The Kier molecular flexibility index (Phi) is 10.1. The highest BCUT2D eigenvalue weighted by molar-refractivity contribution is 5.99. The molecule has 11 heteroatoms. The SMILES string of the molecule is O=CON(C=O)C[C@@H](CC1CCCC1)C(=O)N1CCC[C@H]1C(=O)NC(=O)NCCN1CCCC1. The van der Waals surface area contributed by atoms with Crippen LogP contribution in [0.15, 0.2) is 0 Å². The molecule has 0 aromatic heterocycles. The molecule has 0 bridgehead atoms. The summed E-state index contributed by atoms with van der Waals surface area (Å²) in [7, 11) is 0. The molecule has 34 heavy (non-hydrogen) atoms. The monoisotopic (exact) mass is 479 g/mol. The van der Waals surface area contributed by atoms with Crippen LogP contribution in [0, 0.1) is 11.8 Å². The number of hydroxylamine groups is 2. The highest BCUT2D eigenvalue weighted by atomic mass is 16.7. The van der Waals surface area contributed by atoms with Gasteiger partial charge in [0, 0.05) is 19.6 Å². The van der Waals surface area contributed by atoms with Gasteiger partial charge in [0.25, 0.3) is 5.91 Å². The van der Waals surface area contributed by atoms with Crippen molar-refractivity contribution in [1.29, 1.82) is 0 Å². The Hall–Kier alpha value is -2.69. The van der Waals surface area contributed by atoms with E-state index in [1.165, 1.54) is 17.7 Å². The van der Waals surface area contributed by atoms with Gasteiger partial charge in [0.05, 0.1) is 12.5 Å². The molecule has 2 saturated heterocycles. The quantitative estimate of drug-likeness (QED) is 0.311. The van der Waals surface area contributed by atoms with E-state index in [0.29, 0.717) is 44.7 Å². The summed E-state index contributed by atoms with van der Waals surface area (Å²) in [6, 6.07) is -1.29. The summed E-state index contributed by atoms with van der Waals surface area (Å²) in [5.74, 6) is -0.980. The van der Waals surface area contributed by atoms with Crippen molar-refractivity contribution in [2.24, 2.45) is 11.8 Å². The van der Waals surface area contributed by atoms with Gasteiger partial charge in [-0.3, -0.25) is 24.5 Å². The van der Waals surface area contributed by atoms with Crippen molar-refractivity contribution in [1.82, 2.24) is 25.5 Å². The van der Waals surface area contributed by atoms with E-state index in [1.54, 1.807) is 0 Å². The molecule has 3 fully saturated rings. The number of hydrogen-bond acceptors (Lipinski definition) is 7. The molecule has 1 aliphatic carbocycles. The molecule has 3 rings (SSSR count). The third kappa shape index (κ3) is 7.41. The molecule has 0 unspecified atom stereocenters. The van der Waals surface area contributed by atoms with Crippen LogP contribution in [0.5, 0.6) is 0 Å². The molecule has 2 aliphatic heterocycles. The van der Waals surface area contributed by atoms with Crippen LogP contribution in [0.1, 0.15) is 57.8 Å². The highest BCUT2D eigenvalue weighted by Crippen LogP contribution is 2.32. The molecular formula is C23H37N5O6. The fraction of sp³-hybridized carbons (Fsp3) is 0.783. The average Bonchev–Trinajstić information content (AvgIpc) is 3.60. The highest BCUT2D eigenvalue weighted by Gasteiger charge is 2.39. The van der Waals surface area contributed by atoms with E-state index < -0.39 is 23.9 Å². The summed E-state index contributed by atoms with van der Waals surface area (Å²) >= 11 is 0. The van der Waals surface area contributed by atoms with Crippen LogP contribution in [0.3, 0.4) is 0 Å². The number of nitrogens with zero attached hydrogens (tertiary/aromatic N) is 3.